The number of alkyl halides is 3. The van der Waals surface area contributed by atoms with Gasteiger partial charge in [-0.2, -0.15) is 13.2 Å². The minimum Gasteiger partial charge on any atom is -0.478 e. The Kier molecular flexibility index (Phi) is 7.61. The fourth-order valence-corrected chi connectivity index (χ4v) is 5.55. The number of nitrogens with zero attached hydrogens (tertiary/aromatic N) is 3. The lowest BCUT2D eigenvalue weighted by Crippen LogP contribution is -2.31. The SMILES string of the molecule is O=C(O)c1ccc2nc(Cc3cc(F)c(-c4cccc(OCc5ccc(C(F)(F)F)s5)n4)cc3F)n(CC3CCO3)c2c1. The molecule has 222 valence electrons. The number of hydrogen-bond donors (Lipinski definition) is 1. The first-order valence-corrected chi connectivity index (χ1v) is 13.9. The van der Waals surface area contributed by atoms with E-state index in [1.165, 1.54) is 36.4 Å². The number of benzene rings is 2. The van der Waals surface area contributed by atoms with Crippen LogP contribution in [0.15, 0.2) is 60.7 Å². The first-order chi connectivity index (χ1) is 20.5. The van der Waals surface area contributed by atoms with Crippen LogP contribution in [0.4, 0.5) is 22.0 Å². The highest BCUT2D eigenvalue weighted by Crippen LogP contribution is 2.35. The number of hydrogen-bond acceptors (Lipinski definition) is 6. The summed E-state index contributed by atoms with van der Waals surface area (Å²) in [4.78, 5) is 19.9. The third-order valence-corrected chi connectivity index (χ3v) is 8.14. The number of carbonyl (C=O) groups is 1. The van der Waals surface area contributed by atoms with E-state index in [0.717, 1.165) is 24.6 Å². The van der Waals surface area contributed by atoms with Crippen LogP contribution >= 0.6 is 11.3 Å². The van der Waals surface area contributed by atoms with Gasteiger partial charge in [-0.05, 0) is 60.5 Å². The number of pyridine rings is 1. The van der Waals surface area contributed by atoms with Crippen LogP contribution in [0.25, 0.3) is 22.3 Å². The quantitative estimate of drug-likeness (QED) is 0.178. The predicted octanol–water partition coefficient (Wildman–Crippen LogP) is 7.11. The number of aromatic nitrogens is 3. The molecule has 0 amide bonds. The van der Waals surface area contributed by atoms with Crippen LogP contribution in [0.3, 0.4) is 0 Å². The van der Waals surface area contributed by atoms with Crippen LogP contribution in [0.1, 0.15) is 37.9 Å². The van der Waals surface area contributed by atoms with E-state index >= 15 is 8.78 Å². The highest BCUT2D eigenvalue weighted by Gasteiger charge is 2.32. The molecule has 5 aromatic rings. The monoisotopic (exact) mass is 615 g/mol. The van der Waals surface area contributed by atoms with Crippen LogP contribution in [0.2, 0.25) is 0 Å². The van der Waals surface area contributed by atoms with Crippen molar-refractivity contribution >= 4 is 28.3 Å². The zero-order valence-electron chi connectivity index (χ0n) is 22.2. The van der Waals surface area contributed by atoms with Gasteiger partial charge in [0.2, 0.25) is 5.88 Å². The Bertz CT molecular complexity index is 1830. The maximum absolute atomic E-state index is 15.4. The smallest absolute Gasteiger partial charge is 0.425 e. The first-order valence-electron chi connectivity index (χ1n) is 13.1. The second-order valence-electron chi connectivity index (χ2n) is 9.94. The van der Waals surface area contributed by atoms with Gasteiger partial charge in [0.1, 0.15) is 28.9 Å². The lowest BCUT2D eigenvalue weighted by Gasteiger charge is -2.27. The number of halogens is 5. The summed E-state index contributed by atoms with van der Waals surface area (Å²) < 4.78 is 82.2. The number of carboxylic acids is 1. The fraction of sp³-hybridized carbons (Fsp3) is 0.233. The summed E-state index contributed by atoms with van der Waals surface area (Å²) in [5.41, 5.74) is 1.16. The van der Waals surface area contributed by atoms with Crippen LogP contribution in [0.5, 0.6) is 5.88 Å². The normalized spacial score (nSPS) is 15.0. The number of fused-ring (bicyclic) bond motifs is 1. The standard InChI is InChI=1S/C30H22F5N3O4S/c31-21-13-20(23-2-1-3-28(37-23)42-15-19-5-7-26(43-19)30(33,34)35)22(32)10-17(21)12-27-36-24-6-4-16(29(39)40)11-25(24)38(27)14-18-8-9-41-18/h1-7,10-11,13,18H,8-9,12,14-15H2,(H,39,40). The molecule has 1 atom stereocenters. The molecule has 0 radical (unpaired) electrons. The Labute approximate surface area is 245 Å². The molecule has 43 heavy (non-hydrogen) atoms. The van der Waals surface area contributed by atoms with Gasteiger partial charge in [0.25, 0.3) is 0 Å². The van der Waals surface area contributed by atoms with Crippen molar-refractivity contribution in [2.24, 2.45) is 0 Å². The van der Waals surface area contributed by atoms with Crippen LogP contribution < -0.4 is 4.74 Å². The van der Waals surface area contributed by atoms with E-state index in [1.807, 2.05) is 0 Å². The average Bonchev–Trinajstić information content (AvgIpc) is 3.56. The molecule has 13 heteroatoms. The van der Waals surface area contributed by atoms with Crippen LogP contribution in [0, 0.1) is 11.6 Å². The van der Waals surface area contributed by atoms with E-state index < -0.39 is 28.7 Å². The molecule has 0 spiro atoms. The van der Waals surface area contributed by atoms with Gasteiger partial charge < -0.3 is 19.1 Å². The maximum atomic E-state index is 15.4. The molecular formula is C30H22F5N3O4S. The lowest BCUT2D eigenvalue weighted by atomic mass is 10.0. The summed E-state index contributed by atoms with van der Waals surface area (Å²) in [6, 6.07) is 13.3. The maximum Gasteiger partial charge on any atom is 0.425 e. The summed E-state index contributed by atoms with van der Waals surface area (Å²) in [7, 11) is 0. The number of carboxylic acid groups (broad SMARTS) is 1. The summed E-state index contributed by atoms with van der Waals surface area (Å²) >= 11 is 0.551. The molecule has 0 bridgehead atoms. The van der Waals surface area contributed by atoms with Crippen molar-refractivity contribution < 1.29 is 41.3 Å². The Morgan fingerprint density at radius 1 is 1.07 bits per heavy atom. The Hall–Kier alpha value is -4.36. The third-order valence-electron chi connectivity index (χ3n) is 7.04. The van der Waals surface area contributed by atoms with E-state index in [2.05, 4.69) is 9.97 Å². The number of ether oxygens (including phenoxy) is 2. The topological polar surface area (TPSA) is 86.5 Å². The molecule has 6 rings (SSSR count). The summed E-state index contributed by atoms with van der Waals surface area (Å²) in [6.07, 6.45) is -3.80. The zero-order chi connectivity index (χ0) is 30.3. The molecule has 1 aliphatic heterocycles. The number of imidazole rings is 1. The average molecular weight is 616 g/mol. The van der Waals surface area contributed by atoms with E-state index in [1.54, 1.807) is 10.6 Å². The van der Waals surface area contributed by atoms with Gasteiger partial charge in [-0.1, -0.05) is 6.07 Å². The Balaban J connectivity index is 1.25. The highest BCUT2D eigenvalue weighted by atomic mass is 32.1. The summed E-state index contributed by atoms with van der Waals surface area (Å²) in [5, 5.41) is 9.43. The second-order valence-corrected chi connectivity index (χ2v) is 11.1. The molecule has 1 unspecified atom stereocenters. The molecule has 1 N–H and O–H groups in total. The minimum absolute atomic E-state index is 0.0380. The van der Waals surface area contributed by atoms with Gasteiger partial charge in [-0.3, -0.25) is 0 Å². The van der Waals surface area contributed by atoms with Gasteiger partial charge in [-0.15, -0.1) is 11.3 Å². The number of aromatic carboxylic acids is 1. The van der Waals surface area contributed by atoms with E-state index in [4.69, 9.17) is 9.47 Å². The number of thiophene rings is 1. The van der Waals surface area contributed by atoms with E-state index in [-0.39, 0.29) is 47.4 Å². The van der Waals surface area contributed by atoms with Crippen LogP contribution in [-0.4, -0.2) is 38.3 Å². The molecule has 4 heterocycles. The molecule has 3 aromatic heterocycles. The molecule has 7 nitrogen and oxygen atoms in total. The van der Waals surface area contributed by atoms with Crippen LogP contribution in [-0.2, 0) is 30.5 Å². The van der Waals surface area contributed by atoms with E-state index in [0.29, 0.717) is 46.2 Å². The Morgan fingerprint density at radius 3 is 2.58 bits per heavy atom. The molecule has 0 aliphatic carbocycles. The molecule has 1 saturated heterocycles. The summed E-state index contributed by atoms with van der Waals surface area (Å²) in [6.45, 7) is 0.826. The third kappa shape index (κ3) is 6.09. The van der Waals surface area contributed by atoms with Gasteiger partial charge in [0.05, 0.1) is 34.9 Å². The summed E-state index contributed by atoms with van der Waals surface area (Å²) in [5.74, 6) is -2.07. The molecule has 2 aromatic carbocycles. The van der Waals surface area contributed by atoms with Crippen molar-refractivity contribution in [2.45, 2.75) is 38.3 Å². The van der Waals surface area contributed by atoms with Crippen molar-refractivity contribution in [3.8, 4) is 17.1 Å². The molecular weight excluding hydrogens is 593 g/mol. The van der Waals surface area contributed by atoms with E-state index in [9.17, 15) is 23.1 Å². The van der Waals surface area contributed by atoms with Crippen molar-refractivity contribution in [3.63, 3.8) is 0 Å². The van der Waals surface area contributed by atoms with Crippen molar-refractivity contribution in [1.82, 2.24) is 14.5 Å². The Morgan fingerprint density at radius 2 is 1.88 bits per heavy atom. The van der Waals surface area contributed by atoms with Gasteiger partial charge >= 0.3 is 12.1 Å². The molecule has 1 fully saturated rings. The largest absolute Gasteiger partial charge is 0.478 e. The van der Waals surface area contributed by atoms with Gasteiger partial charge in [0, 0.05) is 29.5 Å². The van der Waals surface area contributed by atoms with Gasteiger partial charge in [-0.25, -0.2) is 23.5 Å². The van der Waals surface area contributed by atoms with Gasteiger partial charge in [0.15, 0.2) is 0 Å². The molecule has 0 saturated carbocycles. The fourth-order valence-electron chi connectivity index (χ4n) is 4.76. The minimum atomic E-state index is -4.45. The number of rotatable bonds is 9. The molecule has 1 aliphatic rings. The second kappa shape index (κ2) is 11.4. The zero-order valence-corrected chi connectivity index (χ0v) is 23.0. The first kappa shape index (κ1) is 28.7. The van der Waals surface area contributed by atoms with Crippen molar-refractivity contribution in [2.75, 3.05) is 6.61 Å². The van der Waals surface area contributed by atoms with Crippen molar-refractivity contribution in [3.05, 3.63) is 99.0 Å². The van der Waals surface area contributed by atoms with Crippen molar-refractivity contribution in [1.29, 1.82) is 0 Å². The highest BCUT2D eigenvalue weighted by molar-refractivity contribution is 7.12. The lowest BCUT2D eigenvalue weighted by molar-refractivity contribution is -0.134. The predicted molar refractivity (Wildman–Crippen MR) is 147 cm³/mol.